The monoisotopic (exact) mass is 359 g/mol. The first-order valence-corrected chi connectivity index (χ1v) is 8.75. The molecule has 0 bridgehead atoms. The number of fused-ring (bicyclic) bond motifs is 1. The van der Waals surface area contributed by atoms with Gasteiger partial charge in [-0.15, -0.1) is 11.3 Å². The summed E-state index contributed by atoms with van der Waals surface area (Å²) in [4.78, 5) is 18.0. The number of thiophene rings is 1. The van der Waals surface area contributed by atoms with Crippen molar-refractivity contribution in [1.82, 2.24) is 14.6 Å². The maximum Gasteiger partial charge on any atom is 0.274 e. The molecule has 0 aliphatic carbocycles. The molecule has 0 unspecified atom stereocenters. The molecule has 0 aliphatic rings. The van der Waals surface area contributed by atoms with E-state index in [1.807, 2.05) is 30.5 Å². The first-order valence-electron chi connectivity index (χ1n) is 7.87. The van der Waals surface area contributed by atoms with Crippen molar-refractivity contribution in [2.75, 3.05) is 5.32 Å². The Hall–Kier alpha value is -3.50. The fourth-order valence-corrected chi connectivity index (χ4v) is 3.33. The molecule has 7 heteroatoms. The first kappa shape index (κ1) is 16.0. The van der Waals surface area contributed by atoms with E-state index >= 15 is 0 Å². The zero-order valence-corrected chi connectivity index (χ0v) is 14.6. The molecule has 0 saturated carbocycles. The lowest BCUT2D eigenvalue weighted by molar-refractivity contribution is 0.102. The summed E-state index contributed by atoms with van der Waals surface area (Å²) in [6.45, 7) is 1.88. The third-order valence-electron chi connectivity index (χ3n) is 3.86. The standard InChI is InChI=1S/C19H13N5OS/c1-12-8-16(19(25)21-14-5-2-4-13(9-14)11-20)22-18-10-15(23-24(12)18)17-6-3-7-26-17/h2-10H,1H3,(H,21,25). The van der Waals surface area contributed by atoms with Crippen molar-refractivity contribution in [3.8, 4) is 16.6 Å². The van der Waals surface area contributed by atoms with Crippen LogP contribution in [-0.4, -0.2) is 20.5 Å². The molecule has 26 heavy (non-hydrogen) atoms. The van der Waals surface area contributed by atoms with Gasteiger partial charge in [0.15, 0.2) is 5.65 Å². The van der Waals surface area contributed by atoms with Crippen molar-refractivity contribution >= 4 is 28.6 Å². The highest BCUT2D eigenvalue weighted by atomic mass is 32.1. The number of carbonyl (C=O) groups excluding carboxylic acids is 1. The zero-order valence-electron chi connectivity index (χ0n) is 13.8. The predicted molar refractivity (Wildman–Crippen MR) is 100 cm³/mol. The third kappa shape index (κ3) is 2.94. The number of anilines is 1. The molecular weight excluding hydrogens is 346 g/mol. The Labute approximate surface area is 153 Å². The minimum atomic E-state index is -0.329. The molecule has 1 amide bonds. The van der Waals surface area contributed by atoms with Gasteiger partial charge in [0.05, 0.1) is 16.5 Å². The molecule has 4 aromatic rings. The number of aryl methyl sites for hydroxylation is 1. The minimum Gasteiger partial charge on any atom is -0.321 e. The fraction of sp³-hybridized carbons (Fsp3) is 0.0526. The van der Waals surface area contributed by atoms with Crippen molar-refractivity contribution in [3.05, 3.63) is 70.9 Å². The van der Waals surface area contributed by atoms with E-state index in [0.717, 1.165) is 16.3 Å². The van der Waals surface area contributed by atoms with E-state index < -0.39 is 0 Å². The van der Waals surface area contributed by atoms with E-state index in [9.17, 15) is 4.79 Å². The molecule has 126 valence electrons. The number of nitrogens with one attached hydrogen (secondary N) is 1. The highest BCUT2D eigenvalue weighted by molar-refractivity contribution is 7.13. The second-order valence-corrected chi connectivity index (χ2v) is 6.65. The Morgan fingerprint density at radius 3 is 2.88 bits per heavy atom. The number of nitrogens with zero attached hydrogens (tertiary/aromatic N) is 4. The Balaban J connectivity index is 1.68. The molecule has 3 aromatic heterocycles. The van der Waals surface area contributed by atoms with Crippen LogP contribution in [0, 0.1) is 18.3 Å². The molecule has 1 aromatic carbocycles. The van der Waals surface area contributed by atoms with Crippen LogP contribution in [0.5, 0.6) is 0 Å². The second-order valence-electron chi connectivity index (χ2n) is 5.71. The van der Waals surface area contributed by atoms with Gasteiger partial charge in [-0.1, -0.05) is 12.1 Å². The van der Waals surface area contributed by atoms with Gasteiger partial charge in [0.1, 0.15) is 11.4 Å². The summed E-state index contributed by atoms with van der Waals surface area (Å²) >= 11 is 1.60. The van der Waals surface area contributed by atoms with Gasteiger partial charge in [-0.25, -0.2) is 9.50 Å². The minimum absolute atomic E-state index is 0.301. The Morgan fingerprint density at radius 1 is 1.23 bits per heavy atom. The summed E-state index contributed by atoms with van der Waals surface area (Å²) in [6.07, 6.45) is 0. The summed E-state index contributed by atoms with van der Waals surface area (Å²) in [7, 11) is 0. The van der Waals surface area contributed by atoms with E-state index in [2.05, 4.69) is 21.5 Å². The van der Waals surface area contributed by atoms with Crippen LogP contribution in [0.3, 0.4) is 0 Å². The average molecular weight is 359 g/mol. The number of nitriles is 1. The van der Waals surface area contributed by atoms with Gasteiger partial charge in [0.2, 0.25) is 0 Å². The number of hydrogen-bond acceptors (Lipinski definition) is 5. The Morgan fingerprint density at radius 2 is 2.12 bits per heavy atom. The number of aromatic nitrogens is 3. The van der Waals surface area contributed by atoms with E-state index in [4.69, 9.17) is 5.26 Å². The molecule has 1 N–H and O–H groups in total. The summed E-state index contributed by atoms with van der Waals surface area (Å²) in [5.74, 6) is -0.329. The third-order valence-corrected chi connectivity index (χ3v) is 4.75. The molecule has 3 heterocycles. The molecule has 0 atom stereocenters. The van der Waals surface area contributed by atoms with Gasteiger partial charge in [0, 0.05) is 17.4 Å². The van der Waals surface area contributed by atoms with Crippen LogP contribution in [0.1, 0.15) is 21.7 Å². The number of hydrogen-bond donors (Lipinski definition) is 1. The molecule has 0 fully saturated rings. The van der Waals surface area contributed by atoms with E-state index in [1.165, 1.54) is 0 Å². The lowest BCUT2D eigenvalue weighted by Gasteiger charge is -2.06. The van der Waals surface area contributed by atoms with Gasteiger partial charge in [-0.2, -0.15) is 10.4 Å². The molecule has 0 saturated heterocycles. The molecule has 4 rings (SSSR count). The van der Waals surface area contributed by atoms with Crippen LogP contribution in [0.15, 0.2) is 53.9 Å². The van der Waals surface area contributed by atoms with Gasteiger partial charge in [-0.05, 0) is 42.6 Å². The predicted octanol–water partition coefficient (Wildman–Crippen LogP) is 3.89. The number of rotatable bonds is 3. The summed E-state index contributed by atoms with van der Waals surface area (Å²) in [5, 5.41) is 18.3. The number of benzene rings is 1. The smallest absolute Gasteiger partial charge is 0.274 e. The molecule has 0 spiro atoms. The summed E-state index contributed by atoms with van der Waals surface area (Å²) in [5.41, 5.74) is 3.60. The van der Waals surface area contributed by atoms with Gasteiger partial charge < -0.3 is 5.32 Å². The first-order chi connectivity index (χ1) is 12.6. The quantitative estimate of drug-likeness (QED) is 0.601. The maximum atomic E-state index is 12.6. The zero-order chi connectivity index (χ0) is 18.1. The fourth-order valence-electron chi connectivity index (χ4n) is 2.65. The molecule has 0 aliphatic heterocycles. The van der Waals surface area contributed by atoms with Crippen molar-refractivity contribution in [1.29, 1.82) is 5.26 Å². The lowest BCUT2D eigenvalue weighted by Crippen LogP contribution is -2.15. The molecule has 6 nitrogen and oxygen atoms in total. The normalized spacial score (nSPS) is 10.6. The van der Waals surface area contributed by atoms with Crippen LogP contribution in [0.4, 0.5) is 5.69 Å². The van der Waals surface area contributed by atoms with Crippen molar-refractivity contribution in [2.24, 2.45) is 0 Å². The van der Waals surface area contributed by atoms with Crippen LogP contribution in [-0.2, 0) is 0 Å². The van der Waals surface area contributed by atoms with Crippen molar-refractivity contribution < 1.29 is 4.79 Å². The SMILES string of the molecule is Cc1cc(C(=O)Nc2cccc(C#N)c2)nc2cc(-c3cccs3)nn12. The highest BCUT2D eigenvalue weighted by Crippen LogP contribution is 2.24. The van der Waals surface area contributed by atoms with E-state index in [0.29, 0.717) is 22.6 Å². The Bertz CT molecular complexity index is 1150. The summed E-state index contributed by atoms with van der Waals surface area (Å²) in [6, 6.07) is 16.3. The van der Waals surface area contributed by atoms with Gasteiger partial charge >= 0.3 is 0 Å². The van der Waals surface area contributed by atoms with Crippen LogP contribution >= 0.6 is 11.3 Å². The summed E-state index contributed by atoms with van der Waals surface area (Å²) < 4.78 is 1.72. The van der Waals surface area contributed by atoms with E-state index in [1.54, 1.807) is 46.2 Å². The highest BCUT2D eigenvalue weighted by Gasteiger charge is 2.14. The van der Waals surface area contributed by atoms with Gasteiger partial charge in [0.25, 0.3) is 5.91 Å². The second kappa shape index (κ2) is 6.43. The van der Waals surface area contributed by atoms with Crippen LogP contribution < -0.4 is 5.32 Å². The van der Waals surface area contributed by atoms with E-state index in [-0.39, 0.29) is 5.91 Å². The number of carbonyl (C=O) groups is 1. The van der Waals surface area contributed by atoms with Crippen LogP contribution in [0.2, 0.25) is 0 Å². The number of amides is 1. The van der Waals surface area contributed by atoms with Crippen LogP contribution in [0.25, 0.3) is 16.2 Å². The molecular formula is C19H13N5OS. The van der Waals surface area contributed by atoms with Crippen molar-refractivity contribution in [3.63, 3.8) is 0 Å². The van der Waals surface area contributed by atoms with Crippen molar-refractivity contribution in [2.45, 2.75) is 6.92 Å². The average Bonchev–Trinajstić information content (AvgIpc) is 3.31. The lowest BCUT2D eigenvalue weighted by atomic mass is 10.2. The maximum absolute atomic E-state index is 12.6. The molecule has 0 radical (unpaired) electrons. The van der Waals surface area contributed by atoms with Gasteiger partial charge in [-0.3, -0.25) is 4.79 Å². The largest absolute Gasteiger partial charge is 0.321 e. The Kier molecular flexibility index (Phi) is 3.95. The topological polar surface area (TPSA) is 83.1 Å².